The van der Waals surface area contributed by atoms with Crippen LogP contribution in [-0.2, 0) is 104 Å². The summed E-state index contributed by atoms with van der Waals surface area (Å²) in [6, 6.07) is 30.7. The van der Waals surface area contributed by atoms with E-state index in [0.717, 1.165) is 60.4 Å². The number of aromatic nitrogens is 10. The van der Waals surface area contributed by atoms with Crippen molar-refractivity contribution in [2.24, 2.45) is 32.5 Å². The maximum Gasteiger partial charge on any atom is 0.494 e. The lowest BCUT2D eigenvalue weighted by Crippen LogP contribution is -2.56. The minimum atomic E-state index is -0.689. The molecule has 45 heteroatoms. The lowest BCUT2D eigenvalue weighted by Gasteiger charge is -2.45. The number of amides is 8. The molecule has 16 heterocycles. The van der Waals surface area contributed by atoms with Gasteiger partial charge in [-0.3, -0.25) is 75.8 Å². The van der Waals surface area contributed by atoms with E-state index in [-0.39, 0.29) is 150 Å². The highest BCUT2D eigenvalue weighted by molar-refractivity contribution is 9.10. The molecule has 776 valence electrons. The molecule has 0 radical (unpaired) electrons. The van der Waals surface area contributed by atoms with Crippen LogP contribution in [0.3, 0.4) is 0 Å². The molecule has 0 spiro atoms. The summed E-state index contributed by atoms with van der Waals surface area (Å²) >= 11 is 27.5. The Kier molecular flexibility index (Phi) is 35.1. The number of likely N-dealkylation sites (tertiary alicyclic amines) is 3. The summed E-state index contributed by atoms with van der Waals surface area (Å²) in [5, 5.41) is 26.9. The minimum Gasteiger partial charge on any atom is -0.413 e. The first-order valence-electron chi connectivity index (χ1n) is 48.8. The van der Waals surface area contributed by atoms with Crippen molar-refractivity contribution in [3.63, 3.8) is 0 Å². The van der Waals surface area contributed by atoms with E-state index in [1.165, 1.54) is 38.1 Å². The van der Waals surface area contributed by atoms with Crippen LogP contribution in [0.1, 0.15) is 131 Å². The summed E-state index contributed by atoms with van der Waals surface area (Å²) in [4.78, 5) is 166. The quantitative estimate of drug-likeness (QED) is 0.0394. The van der Waals surface area contributed by atoms with Gasteiger partial charge < -0.3 is 79.0 Å². The van der Waals surface area contributed by atoms with Gasteiger partial charge in [0.05, 0.1) is 21.9 Å². The SMILES string of the molecule is CC1(C)CN(C(=O)Cn2c(=O)c(C(=O)NCc3ccc(Cl)cc3)cc3c(-c4cnn(CC(=O)N5CCNCC5)c4)ccnc32)C1.CC1(C)CN(C(=O)Cn2c(=O)c(C(=O)NCc3ccc(Cl)cc3)cc3c(Cl)ccnc32)C1.CC1(C)COB(B2OCC(C)(C)CO2)OC1.CC1(C)COB(c2ccnc3c2cc(C(=O)NCc2ccc(Cl)cc2)c(=O)n3CC(=O)N2CC(C)(C)C2)OC1.O=C(Cn1cc(Br)cn1)N1CCNCC1. The van der Waals surface area contributed by atoms with Crippen molar-refractivity contribution in [3.8, 4) is 11.1 Å². The van der Waals surface area contributed by atoms with Crippen LogP contribution in [0.25, 0.3) is 44.2 Å². The van der Waals surface area contributed by atoms with Gasteiger partial charge in [-0.1, -0.05) is 166 Å². The van der Waals surface area contributed by atoms with E-state index < -0.39 is 41.5 Å². The van der Waals surface area contributed by atoms with Gasteiger partial charge in [-0.2, -0.15) is 10.2 Å². The van der Waals surface area contributed by atoms with Gasteiger partial charge in [-0.05, 0) is 133 Å². The van der Waals surface area contributed by atoms with Crippen molar-refractivity contribution >= 4 is 169 Å². The highest BCUT2D eigenvalue weighted by Gasteiger charge is 2.49. The maximum atomic E-state index is 13.8. The number of carbonyl (C=O) groups is 8. The fraction of sp³-hybridized carbons (Fsp3) is 0.451. The standard InChI is InChI=1S/C32H35ClN8O4.C28H32BClN4O5.C23H22Cl2N4O3.C10H20B2O4.C9H13BrN4O/c1-32(2)19-39(20-32)28(43)18-41-29-25(13-26(31(41)45)30(44)36-14-21-3-5-23(33)6-4-21)24(7-8-35-29)22-15-37-40(16-22)17-27(42)38-11-9-34-10-12-38;1-27(2)14-33(15-27)23(35)13-34-24-20(22(9-10-31-24)29-38-16-28(3,4)17-39-29)11-21(26(34)37)25(36)32-12-18-5-7-19(30)8-6-18;1-23(2)12-28(13-23)19(30)11-29-20-16(18(25)7-8-26-20)9-17(22(29)32)21(31)27-10-14-3-5-15(24)6-4-14;1-9(2)5-13-11(14-6-9)12-15-7-10(3,4)8-16-12;10-8-5-12-14(6-8)7-9(15)13-3-1-11-2-4-13/h3-8,13,15-16,34H,9-12,14,17-20H2,1-2H3,(H,36,44);5-11H,12-17H2,1-4H3,(H,32,36);3-9H,10-13H2,1-2H3,(H,27,31);5-8H2,1-4H3;5-6,11H,1-4,7H2. The van der Waals surface area contributed by atoms with Crippen LogP contribution in [0.4, 0.5) is 0 Å². The minimum absolute atomic E-state index is 0.0178. The fourth-order valence-electron chi connectivity index (χ4n) is 17.9. The lowest BCUT2D eigenvalue weighted by molar-refractivity contribution is -0.142. The third-order valence-corrected chi connectivity index (χ3v) is 27.3. The smallest absolute Gasteiger partial charge is 0.413 e. The molecule has 0 atom stereocenters. The molecule has 0 bridgehead atoms. The van der Waals surface area contributed by atoms with Crippen LogP contribution in [0.15, 0.2) is 171 Å². The van der Waals surface area contributed by atoms with E-state index in [4.69, 9.17) is 74.3 Å². The normalized spacial score (nSPS) is 17.8. The van der Waals surface area contributed by atoms with E-state index in [1.807, 2.05) is 9.80 Å². The zero-order chi connectivity index (χ0) is 105. The molecule has 8 aliphatic heterocycles. The Morgan fingerprint density at radius 3 is 1.07 bits per heavy atom. The number of piperazine rings is 2. The second-order valence-corrected chi connectivity index (χ2v) is 45.4. The van der Waals surface area contributed by atoms with E-state index in [9.17, 15) is 52.7 Å². The van der Waals surface area contributed by atoms with Crippen LogP contribution in [0.5, 0.6) is 0 Å². The van der Waals surface area contributed by atoms with Crippen molar-refractivity contribution in [2.45, 2.75) is 135 Å². The molecule has 37 nitrogen and oxygen atoms in total. The van der Waals surface area contributed by atoms with Crippen molar-refractivity contribution in [3.05, 3.63) is 242 Å². The molecule has 19 rings (SSSR count). The topological polar surface area (TPSA) is 409 Å². The zero-order valence-electron chi connectivity index (χ0n) is 84.5. The number of fused-ring (bicyclic) bond motifs is 3. The number of nitrogens with one attached hydrogen (secondary N) is 5. The number of pyridine rings is 6. The average Bonchev–Trinajstić information content (AvgIpc) is 1.75. The van der Waals surface area contributed by atoms with Crippen molar-refractivity contribution < 1.29 is 66.3 Å². The predicted molar refractivity (Wildman–Crippen MR) is 566 cm³/mol. The highest BCUT2D eigenvalue weighted by Crippen LogP contribution is 2.35. The zero-order valence-corrected chi connectivity index (χ0v) is 89.1. The van der Waals surface area contributed by atoms with Crippen LogP contribution in [0, 0.1) is 32.5 Å². The molecule has 3 aromatic carbocycles. The van der Waals surface area contributed by atoms with E-state index in [1.54, 1.807) is 152 Å². The number of hydrogen-bond acceptors (Lipinski definition) is 24. The molecule has 8 aliphatic rings. The molecule has 8 fully saturated rings. The van der Waals surface area contributed by atoms with Crippen LogP contribution >= 0.6 is 62.3 Å². The van der Waals surface area contributed by atoms with Crippen LogP contribution in [0.2, 0.25) is 20.1 Å². The van der Waals surface area contributed by atoms with E-state index in [0.29, 0.717) is 157 Å². The van der Waals surface area contributed by atoms with Gasteiger partial charge in [-0.25, -0.2) is 15.0 Å². The Labute approximate surface area is 880 Å². The Balaban J connectivity index is 0.000000145. The molecule has 8 amide bonds. The predicted octanol–water partition coefficient (Wildman–Crippen LogP) is 9.53. The third-order valence-electron chi connectivity index (χ3n) is 25.8. The summed E-state index contributed by atoms with van der Waals surface area (Å²) in [6.07, 6.45) is 11.5. The number of halogens is 5. The number of carbonyl (C=O) groups excluding carboxylic acids is 8. The monoisotopic (exact) mass is 2150 g/mol. The molecule has 0 saturated carbocycles. The molecule has 8 aromatic heterocycles. The Morgan fingerprint density at radius 2 is 0.701 bits per heavy atom. The summed E-state index contributed by atoms with van der Waals surface area (Å²) in [5.41, 5.74) is 3.43. The van der Waals surface area contributed by atoms with E-state index in [2.05, 4.69) is 151 Å². The Bertz CT molecular complexity index is 6820. The Hall–Kier alpha value is -11.6. The Morgan fingerprint density at radius 1 is 0.381 bits per heavy atom. The average molecular weight is 2150 g/mol. The van der Waals surface area contributed by atoms with Gasteiger partial charge in [0.2, 0.25) is 29.5 Å². The first-order chi connectivity index (χ1) is 69.8. The fourth-order valence-corrected chi connectivity index (χ4v) is 18.8. The van der Waals surface area contributed by atoms with Gasteiger partial charge >= 0.3 is 21.1 Å². The number of hydrogen-bond donors (Lipinski definition) is 5. The largest absolute Gasteiger partial charge is 0.494 e. The molecule has 0 aliphatic carbocycles. The molecule has 11 aromatic rings. The van der Waals surface area contributed by atoms with Crippen molar-refractivity contribution in [2.75, 3.05) is 131 Å². The lowest BCUT2D eigenvalue weighted by atomic mass is 9.47. The molecular formula is C102H122B3BrCl4N20O17. The number of rotatable bonds is 22. The van der Waals surface area contributed by atoms with Crippen LogP contribution < -0.4 is 48.7 Å². The molecule has 0 unspecified atom stereocenters. The summed E-state index contributed by atoms with van der Waals surface area (Å²) in [6.45, 7) is 38.9. The summed E-state index contributed by atoms with van der Waals surface area (Å²) < 4.78 is 42.5. The van der Waals surface area contributed by atoms with Gasteiger partial charge in [0.15, 0.2) is 0 Å². The number of benzene rings is 3. The molecule has 5 N–H and O–H groups in total. The number of nitrogens with zero attached hydrogens (tertiary/aromatic N) is 15. The van der Waals surface area contributed by atoms with Gasteiger partial charge in [-0.15, -0.1) is 0 Å². The summed E-state index contributed by atoms with van der Waals surface area (Å²) in [5.74, 6) is -2.19. The third kappa shape index (κ3) is 28.5. The molecule has 147 heavy (non-hydrogen) atoms. The summed E-state index contributed by atoms with van der Waals surface area (Å²) in [7, 11) is -1.43. The van der Waals surface area contributed by atoms with Gasteiger partial charge in [0.1, 0.15) is 66.4 Å². The molecular weight excluding hydrogens is 2030 g/mol. The second kappa shape index (κ2) is 47.1. The van der Waals surface area contributed by atoms with Crippen molar-refractivity contribution in [1.82, 2.24) is 99.3 Å². The maximum absolute atomic E-state index is 13.8. The second-order valence-electron chi connectivity index (χ2n) is 42.8. The first kappa shape index (κ1) is 110. The highest BCUT2D eigenvalue weighted by atomic mass is 79.9. The first-order valence-corrected chi connectivity index (χ1v) is 51.1. The van der Waals surface area contributed by atoms with Gasteiger partial charge in [0.25, 0.3) is 34.4 Å². The van der Waals surface area contributed by atoms with Crippen LogP contribution in [-0.4, -0.2) is 272 Å². The van der Waals surface area contributed by atoms with E-state index >= 15 is 0 Å². The van der Waals surface area contributed by atoms with Crippen molar-refractivity contribution in [1.29, 1.82) is 0 Å². The molecule has 8 saturated heterocycles. The van der Waals surface area contributed by atoms with Gasteiger partial charge in [0, 0.05) is 235 Å².